The van der Waals surface area contributed by atoms with Crippen molar-refractivity contribution >= 4 is 34.1 Å². The molecule has 0 unspecified atom stereocenters. The van der Waals surface area contributed by atoms with Crippen LogP contribution in [0.4, 0.5) is 5.69 Å². The van der Waals surface area contributed by atoms with E-state index >= 15 is 0 Å². The second kappa shape index (κ2) is 4.74. The second-order valence-electron chi connectivity index (χ2n) is 4.10. The van der Waals surface area contributed by atoms with Gasteiger partial charge in [0.05, 0.1) is 17.3 Å². The summed E-state index contributed by atoms with van der Waals surface area (Å²) in [5, 5.41) is 11.0. The number of halogens is 1. The molecule has 1 amide bonds. The highest BCUT2D eigenvalue weighted by atomic mass is 35.5. The van der Waals surface area contributed by atoms with Gasteiger partial charge in [-0.3, -0.25) is 9.89 Å². The van der Waals surface area contributed by atoms with Crippen LogP contribution < -0.4 is 5.32 Å². The maximum absolute atomic E-state index is 12.2. The average molecular weight is 272 g/mol. The molecule has 3 rings (SSSR count). The number of hydrogen-bond donors (Lipinski definition) is 2. The fraction of sp³-hybridized carbons (Fsp3) is 0. The summed E-state index contributed by atoms with van der Waals surface area (Å²) in [6.07, 6.45) is 1.64. The summed E-state index contributed by atoms with van der Waals surface area (Å²) in [4.78, 5) is 12.2. The smallest absolute Gasteiger partial charge is 0.256 e. The van der Waals surface area contributed by atoms with E-state index in [9.17, 15) is 4.79 Å². The minimum atomic E-state index is -0.172. The van der Waals surface area contributed by atoms with Crippen LogP contribution in [0, 0.1) is 0 Å². The van der Waals surface area contributed by atoms with Crippen molar-refractivity contribution in [3.8, 4) is 0 Å². The van der Waals surface area contributed by atoms with Gasteiger partial charge in [-0.15, -0.1) is 0 Å². The molecule has 0 aliphatic heterocycles. The Morgan fingerprint density at radius 2 is 1.95 bits per heavy atom. The van der Waals surface area contributed by atoms with Gasteiger partial charge in [0.2, 0.25) is 0 Å². The lowest BCUT2D eigenvalue weighted by atomic mass is 10.1. The molecule has 2 aromatic carbocycles. The van der Waals surface area contributed by atoms with Crippen LogP contribution in [0.25, 0.3) is 10.9 Å². The third-order valence-corrected chi connectivity index (χ3v) is 3.08. The molecule has 94 valence electrons. The van der Waals surface area contributed by atoms with Crippen molar-refractivity contribution in [3.05, 3.63) is 59.2 Å². The molecule has 2 N–H and O–H groups in total. The van der Waals surface area contributed by atoms with Gasteiger partial charge < -0.3 is 5.32 Å². The zero-order chi connectivity index (χ0) is 13.2. The number of H-pyrrole nitrogens is 1. The molecule has 0 spiro atoms. The van der Waals surface area contributed by atoms with Crippen LogP contribution in [-0.4, -0.2) is 16.1 Å². The first-order chi connectivity index (χ1) is 9.24. The molecule has 1 heterocycles. The Labute approximate surface area is 114 Å². The predicted octanol–water partition coefficient (Wildman–Crippen LogP) is 3.47. The van der Waals surface area contributed by atoms with Gasteiger partial charge in [0.1, 0.15) is 0 Å². The van der Waals surface area contributed by atoms with Crippen LogP contribution in [0.1, 0.15) is 10.4 Å². The number of nitrogens with zero attached hydrogens (tertiary/aromatic N) is 1. The van der Waals surface area contributed by atoms with Crippen molar-refractivity contribution in [3.63, 3.8) is 0 Å². The molecule has 5 heteroatoms. The largest absolute Gasteiger partial charge is 0.322 e. The van der Waals surface area contributed by atoms with Crippen molar-refractivity contribution in [2.24, 2.45) is 0 Å². The van der Waals surface area contributed by atoms with Gasteiger partial charge in [0, 0.05) is 16.1 Å². The predicted molar refractivity (Wildman–Crippen MR) is 75.5 cm³/mol. The first-order valence-corrected chi connectivity index (χ1v) is 6.11. The minimum absolute atomic E-state index is 0.172. The van der Waals surface area contributed by atoms with Crippen LogP contribution in [0.15, 0.2) is 48.7 Å². The molecule has 1 aromatic heterocycles. The van der Waals surface area contributed by atoms with Gasteiger partial charge in [-0.2, -0.15) is 5.10 Å². The quantitative estimate of drug-likeness (QED) is 0.750. The van der Waals surface area contributed by atoms with E-state index < -0.39 is 0 Å². The van der Waals surface area contributed by atoms with Crippen molar-refractivity contribution in [1.29, 1.82) is 0 Å². The summed E-state index contributed by atoms with van der Waals surface area (Å²) in [7, 11) is 0. The summed E-state index contributed by atoms with van der Waals surface area (Å²) >= 11 is 5.80. The minimum Gasteiger partial charge on any atom is -0.322 e. The van der Waals surface area contributed by atoms with E-state index in [1.165, 1.54) is 0 Å². The van der Waals surface area contributed by atoms with Crippen molar-refractivity contribution < 1.29 is 4.79 Å². The first-order valence-electron chi connectivity index (χ1n) is 5.73. The number of carbonyl (C=O) groups excluding carboxylic acids is 1. The Morgan fingerprint density at radius 1 is 1.16 bits per heavy atom. The Bertz CT molecular complexity index is 734. The lowest BCUT2D eigenvalue weighted by Gasteiger charge is -2.06. The van der Waals surface area contributed by atoms with Gasteiger partial charge in [-0.25, -0.2) is 0 Å². The normalized spacial score (nSPS) is 10.6. The van der Waals surface area contributed by atoms with Crippen LogP contribution in [0.3, 0.4) is 0 Å². The summed E-state index contributed by atoms with van der Waals surface area (Å²) < 4.78 is 0. The van der Waals surface area contributed by atoms with Crippen LogP contribution in [0.2, 0.25) is 5.02 Å². The number of hydrogen-bond acceptors (Lipinski definition) is 2. The molecule has 0 bridgehead atoms. The topological polar surface area (TPSA) is 57.8 Å². The van der Waals surface area contributed by atoms with Crippen LogP contribution in [-0.2, 0) is 0 Å². The summed E-state index contributed by atoms with van der Waals surface area (Å²) in [6, 6.07) is 12.4. The third-order valence-electron chi connectivity index (χ3n) is 2.83. The number of aromatic nitrogens is 2. The van der Waals surface area contributed by atoms with Gasteiger partial charge in [-0.1, -0.05) is 17.7 Å². The van der Waals surface area contributed by atoms with Gasteiger partial charge in [0.25, 0.3) is 5.91 Å². The molecule has 0 aliphatic rings. The van der Waals surface area contributed by atoms with E-state index in [1.54, 1.807) is 36.5 Å². The average Bonchev–Trinajstić information content (AvgIpc) is 2.89. The maximum atomic E-state index is 12.2. The van der Waals surface area contributed by atoms with Crippen LogP contribution in [0.5, 0.6) is 0 Å². The van der Waals surface area contributed by atoms with Crippen molar-refractivity contribution in [2.45, 2.75) is 0 Å². The number of nitrogens with one attached hydrogen (secondary N) is 2. The molecule has 3 aromatic rings. The highest BCUT2D eigenvalue weighted by molar-refractivity contribution is 6.30. The van der Waals surface area contributed by atoms with E-state index in [4.69, 9.17) is 11.6 Å². The van der Waals surface area contributed by atoms with Crippen LogP contribution >= 0.6 is 11.6 Å². The van der Waals surface area contributed by atoms with Crippen molar-refractivity contribution in [1.82, 2.24) is 10.2 Å². The highest BCUT2D eigenvalue weighted by Gasteiger charge is 2.11. The summed E-state index contributed by atoms with van der Waals surface area (Å²) in [6.45, 7) is 0. The number of anilines is 1. The molecule has 0 atom stereocenters. The molecule has 0 fully saturated rings. The number of carbonyl (C=O) groups is 1. The maximum Gasteiger partial charge on any atom is 0.256 e. The first kappa shape index (κ1) is 11.7. The zero-order valence-corrected chi connectivity index (χ0v) is 10.6. The number of amides is 1. The molecule has 0 radical (unpaired) electrons. The SMILES string of the molecule is O=C(Nc1ccc(Cl)cc1)c1cccc2[nH]ncc12. The molecule has 19 heavy (non-hydrogen) atoms. The Hall–Kier alpha value is -2.33. The van der Waals surface area contributed by atoms with E-state index in [0.29, 0.717) is 16.3 Å². The Kier molecular flexibility index (Phi) is 2.93. The summed E-state index contributed by atoms with van der Waals surface area (Å²) in [5.74, 6) is -0.172. The van der Waals surface area contributed by atoms with E-state index in [1.807, 2.05) is 12.1 Å². The molecule has 0 aliphatic carbocycles. The number of aromatic amines is 1. The van der Waals surface area contributed by atoms with Gasteiger partial charge in [-0.05, 0) is 36.4 Å². The Balaban J connectivity index is 1.92. The van der Waals surface area contributed by atoms with Gasteiger partial charge >= 0.3 is 0 Å². The second-order valence-corrected chi connectivity index (χ2v) is 4.53. The molecular weight excluding hydrogens is 262 g/mol. The number of benzene rings is 2. The third kappa shape index (κ3) is 2.30. The zero-order valence-electron chi connectivity index (χ0n) is 9.85. The van der Waals surface area contributed by atoms with E-state index in [-0.39, 0.29) is 5.91 Å². The monoisotopic (exact) mass is 271 g/mol. The summed E-state index contributed by atoms with van der Waals surface area (Å²) in [5.41, 5.74) is 2.12. The standard InChI is InChI=1S/C14H10ClN3O/c15-9-4-6-10(7-5-9)17-14(19)11-2-1-3-13-12(11)8-16-18-13/h1-8H,(H,16,18)(H,17,19). The molecule has 0 saturated carbocycles. The van der Waals surface area contributed by atoms with Gasteiger partial charge in [0.15, 0.2) is 0 Å². The van der Waals surface area contributed by atoms with E-state index in [0.717, 1.165) is 10.9 Å². The lowest BCUT2D eigenvalue weighted by Crippen LogP contribution is -2.11. The fourth-order valence-electron chi connectivity index (χ4n) is 1.90. The fourth-order valence-corrected chi connectivity index (χ4v) is 2.02. The Morgan fingerprint density at radius 3 is 2.74 bits per heavy atom. The van der Waals surface area contributed by atoms with E-state index in [2.05, 4.69) is 15.5 Å². The molecule has 0 saturated heterocycles. The molecule has 4 nitrogen and oxygen atoms in total. The lowest BCUT2D eigenvalue weighted by molar-refractivity contribution is 0.102. The number of rotatable bonds is 2. The number of fused-ring (bicyclic) bond motifs is 1. The highest BCUT2D eigenvalue weighted by Crippen LogP contribution is 2.19. The van der Waals surface area contributed by atoms with Crippen molar-refractivity contribution in [2.75, 3.05) is 5.32 Å². The molecular formula is C14H10ClN3O.